The van der Waals surface area contributed by atoms with Crippen molar-refractivity contribution in [1.29, 1.82) is 0 Å². The first kappa shape index (κ1) is 14.0. The van der Waals surface area contributed by atoms with Gasteiger partial charge in [-0.1, -0.05) is 17.3 Å². The molecule has 1 aliphatic rings. The van der Waals surface area contributed by atoms with Crippen LogP contribution in [0.4, 0.5) is 0 Å². The lowest BCUT2D eigenvalue weighted by Gasteiger charge is -2.28. The number of amides is 1. The molecule has 0 radical (unpaired) electrons. The zero-order valence-corrected chi connectivity index (χ0v) is 12.0. The zero-order chi connectivity index (χ0) is 14.7. The zero-order valence-electron chi connectivity index (χ0n) is 12.0. The van der Waals surface area contributed by atoms with E-state index >= 15 is 0 Å². The third-order valence-electron chi connectivity index (χ3n) is 3.68. The Labute approximate surface area is 123 Å². The minimum Gasteiger partial charge on any atom is -0.374 e. The van der Waals surface area contributed by atoms with Gasteiger partial charge in [0.15, 0.2) is 5.58 Å². The number of nitrogens with one attached hydrogen (secondary N) is 1. The second kappa shape index (κ2) is 6.24. The van der Waals surface area contributed by atoms with Crippen LogP contribution >= 0.6 is 0 Å². The van der Waals surface area contributed by atoms with Gasteiger partial charge in [-0.05, 0) is 12.1 Å². The van der Waals surface area contributed by atoms with E-state index in [0.717, 1.165) is 18.5 Å². The number of aromatic nitrogens is 1. The van der Waals surface area contributed by atoms with E-state index in [1.165, 1.54) is 0 Å². The monoisotopic (exact) mass is 289 g/mol. The SMILES string of the molecule is CN(CC1CNCCO1)C(=O)Cc1noc2ccccc12. The normalized spacial score (nSPS) is 18.8. The minimum absolute atomic E-state index is 0.0169. The Morgan fingerprint density at radius 2 is 2.33 bits per heavy atom. The molecule has 1 aromatic carbocycles. The third kappa shape index (κ3) is 3.22. The fraction of sp³-hybridized carbons (Fsp3) is 0.467. The molecule has 0 saturated carbocycles. The predicted octanol–water partition coefficient (Wildman–Crippen LogP) is 0.817. The minimum atomic E-state index is 0.0169. The van der Waals surface area contributed by atoms with E-state index in [2.05, 4.69) is 10.5 Å². The maximum Gasteiger partial charge on any atom is 0.228 e. The number of carbonyl (C=O) groups is 1. The maximum atomic E-state index is 12.3. The molecule has 21 heavy (non-hydrogen) atoms. The van der Waals surface area contributed by atoms with Crippen LogP contribution < -0.4 is 5.32 Å². The first-order valence-corrected chi connectivity index (χ1v) is 7.13. The van der Waals surface area contributed by atoms with Crippen LogP contribution in [0.5, 0.6) is 0 Å². The molecule has 1 atom stereocenters. The van der Waals surface area contributed by atoms with Gasteiger partial charge in [-0.15, -0.1) is 0 Å². The molecule has 112 valence electrons. The van der Waals surface area contributed by atoms with Crippen LogP contribution in [0.25, 0.3) is 11.0 Å². The lowest BCUT2D eigenvalue weighted by molar-refractivity contribution is -0.131. The fourth-order valence-corrected chi connectivity index (χ4v) is 2.49. The lowest BCUT2D eigenvalue weighted by atomic mass is 10.1. The number of hydrogen-bond acceptors (Lipinski definition) is 5. The molecule has 2 aromatic rings. The Morgan fingerprint density at radius 1 is 1.48 bits per heavy atom. The van der Waals surface area contributed by atoms with Crippen molar-refractivity contribution in [2.24, 2.45) is 0 Å². The van der Waals surface area contributed by atoms with Crippen LogP contribution in [-0.2, 0) is 16.0 Å². The molecule has 1 N–H and O–H groups in total. The highest BCUT2D eigenvalue weighted by Crippen LogP contribution is 2.18. The molecule has 2 heterocycles. The van der Waals surface area contributed by atoms with Crippen LogP contribution in [0.3, 0.4) is 0 Å². The van der Waals surface area contributed by atoms with Crippen molar-refractivity contribution in [1.82, 2.24) is 15.4 Å². The van der Waals surface area contributed by atoms with Crippen molar-refractivity contribution in [3.63, 3.8) is 0 Å². The molecule has 6 heteroatoms. The van der Waals surface area contributed by atoms with Crippen molar-refractivity contribution in [2.45, 2.75) is 12.5 Å². The van der Waals surface area contributed by atoms with Gasteiger partial charge in [-0.3, -0.25) is 4.79 Å². The van der Waals surface area contributed by atoms with Gasteiger partial charge in [0.2, 0.25) is 5.91 Å². The quantitative estimate of drug-likeness (QED) is 0.902. The average Bonchev–Trinajstić information content (AvgIpc) is 2.91. The highest BCUT2D eigenvalue weighted by molar-refractivity contribution is 5.86. The summed E-state index contributed by atoms with van der Waals surface area (Å²) < 4.78 is 10.8. The van der Waals surface area contributed by atoms with E-state index in [9.17, 15) is 4.79 Å². The highest BCUT2D eigenvalue weighted by Gasteiger charge is 2.20. The van der Waals surface area contributed by atoms with Gasteiger partial charge in [0.25, 0.3) is 0 Å². The van der Waals surface area contributed by atoms with Crippen LogP contribution in [0.2, 0.25) is 0 Å². The van der Waals surface area contributed by atoms with Gasteiger partial charge in [0, 0.05) is 32.1 Å². The molecule has 6 nitrogen and oxygen atoms in total. The summed E-state index contributed by atoms with van der Waals surface area (Å²) in [5, 5.41) is 8.15. The van der Waals surface area contributed by atoms with Gasteiger partial charge < -0.3 is 19.5 Å². The lowest BCUT2D eigenvalue weighted by Crippen LogP contribution is -2.46. The Hall–Kier alpha value is -1.92. The molecule has 0 bridgehead atoms. The van der Waals surface area contributed by atoms with Crippen molar-refractivity contribution in [3.05, 3.63) is 30.0 Å². The largest absolute Gasteiger partial charge is 0.374 e. The Balaban J connectivity index is 1.62. The van der Waals surface area contributed by atoms with Crippen LogP contribution in [0, 0.1) is 0 Å². The number of nitrogens with zero attached hydrogens (tertiary/aromatic N) is 2. The molecule has 1 saturated heterocycles. The standard InChI is InChI=1S/C15H19N3O3/c1-18(10-11-9-16-6-7-20-11)15(19)8-13-12-4-2-3-5-14(12)21-17-13/h2-5,11,16H,6-10H2,1H3. The van der Waals surface area contributed by atoms with Crippen LogP contribution in [0.15, 0.2) is 28.8 Å². The highest BCUT2D eigenvalue weighted by atomic mass is 16.5. The third-order valence-corrected chi connectivity index (χ3v) is 3.68. The molecule has 1 amide bonds. The molecule has 1 fully saturated rings. The van der Waals surface area contributed by atoms with Gasteiger partial charge in [0.1, 0.15) is 5.69 Å². The number of fused-ring (bicyclic) bond motifs is 1. The summed E-state index contributed by atoms with van der Waals surface area (Å²) >= 11 is 0. The van der Waals surface area contributed by atoms with E-state index in [-0.39, 0.29) is 18.4 Å². The number of likely N-dealkylation sites (N-methyl/N-ethyl adjacent to an activating group) is 1. The smallest absolute Gasteiger partial charge is 0.228 e. The average molecular weight is 289 g/mol. The summed E-state index contributed by atoms with van der Waals surface area (Å²) in [6.07, 6.45) is 0.301. The summed E-state index contributed by atoms with van der Waals surface area (Å²) in [6.45, 7) is 2.94. The summed E-state index contributed by atoms with van der Waals surface area (Å²) in [5.41, 5.74) is 1.40. The van der Waals surface area contributed by atoms with E-state index in [4.69, 9.17) is 9.26 Å². The Morgan fingerprint density at radius 3 is 3.14 bits per heavy atom. The number of carbonyl (C=O) groups excluding carboxylic acids is 1. The molecule has 1 unspecified atom stereocenters. The topological polar surface area (TPSA) is 67.6 Å². The second-order valence-corrected chi connectivity index (χ2v) is 5.27. The van der Waals surface area contributed by atoms with Crippen molar-refractivity contribution >= 4 is 16.9 Å². The Kier molecular flexibility index (Phi) is 4.17. The number of hydrogen-bond donors (Lipinski definition) is 1. The molecule has 0 aliphatic carbocycles. The molecular weight excluding hydrogens is 270 g/mol. The summed E-state index contributed by atoms with van der Waals surface area (Å²) in [6, 6.07) is 7.57. The number of rotatable bonds is 4. The van der Waals surface area contributed by atoms with E-state index in [1.54, 1.807) is 11.9 Å². The number of morpholine rings is 1. The molecular formula is C15H19N3O3. The molecule has 3 rings (SSSR count). The van der Waals surface area contributed by atoms with Crippen molar-refractivity contribution < 1.29 is 14.1 Å². The van der Waals surface area contributed by atoms with Gasteiger partial charge >= 0.3 is 0 Å². The number of benzene rings is 1. The van der Waals surface area contributed by atoms with E-state index in [0.29, 0.717) is 24.4 Å². The van der Waals surface area contributed by atoms with Crippen LogP contribution in [0.1, 0.15) is 5.69 Å². The van der Waals surface area contributed by atoms with Crippen molar-refractivity contribution in [2.75, 3.05) is 33.3 Å². The van der Waals surface area contributed by atoms with E-state index < -0.39 is 0 Å². The second-order valence-electron chi connectivity index (χ2n) is 5.27. The van der Waals surface area contributed by atoms with Gasteiger partial charge in [-0.2, -0.15) is 0 Å². The molecule has 0 spiro atoms. The van der Waals surface area contributed by atoms with Crippen LogP contribution in [-0.4, -0.2) is 55.4 Å². The summed E-state index contributed by atoms with van der Waals surface area (Å²) in [5.74, 6) is 0.0169. The number of ether oxygens (including phenoxy) is 1. The van der Waals surface area contributed by atoms with Crippen molar-refractivity contribution in [3.8, 4) is 0 Å². The van der Waals surface area contributed by atoms with Gasteiger partial charge in [0.05, 0.1) is 19.1 Å². The van der Waals surface area contributed by atoms with E-state index in [1.807, 2.05) is 24.3 Å². The van der Waals surface area contributed by atoms with Gasteiger partial charge in [-0.25, -0.2) is 0 Å². The first-order valence-electron chi connectivity index (χ1n) is 7.13. The Bertz CT molecular complexity index is 619. The summed E-state index contributed by atoms with van der Waals surface area (Å²) in [7, 11) is 1.79. The summed E-state index contributed by atoms with van der Waals surface area (Å²) in [4.78, 5) is 14.0. The first-order chi connectivity index (χ1) is 10.2. The maximum absolute atomic E-state index is 12.3. The number of para-hydroxylation sites is 1. The molecule has 1 aromatic heterocycles. The fourth-order valence-electron chi connectivity index (χ4n) is 2.49. The molecule has 1 aliphatic heterocycles. The predicted molar refractivity (Wildman–Crippen MR) is 78.0 cm³/mol.